The van der Waals surface area contributed by atoms with E-state index in [-0.39, 0.29) is 11.4 Å². The molecular weight excluding hydrogens is 212 g/mol. The zero-order valence-electron chi connectivity index (χ0n) is 11.9. The fraction of sp³-hybridized carbons (Fsp3) is 0.929. The zero-order chi connectivity index (χ0) is 12.9. The van der Waals surface area contributed by atoms with Crippen molar-refractivity contribution in [2.45, 2.75) is 58.9 Å². The topological polar surface area (TPSA) is 32.3 Å². The van der Waals surface area contributed by atoms with Gasteiger partial charge in [-0.1, -0.05) is 33.1 Å². The predicted molar refractivity (Wildman–Crippen MR) is 72.0 cm³/mol. The van der Waals surface area contributed by atoms with Crippen molar-refractivity contribution in [3.8, 4) is 0 Å². The summed E-state index contributed by atoms with van der Waals surface area (Å²) in [6.07, 6.45) is 4.96. The van der Waals surface area contributed by atoms with Crippen LogP contribution in [0.25, 0.3) is 0 Å². The summed E-state index contributed by atoms with van der Waals surface area (Å²) in [5, 5.41) is 3.28. The minimum atomic E-state index is -0.374. The summed E-state index contributed by atoms with van der Waals surface area (Å²) in [6, 6.07) is 0. The van der Waals surface area contributed by atoms with Crippen molar-refractivity contribution in [3.63, 3.8) is 0 Å². The van der Waals surface area contributed by atoms with Crippen molar-refractivity contribution >= 4 is 5.91 Å². The predicted octanol–water partition coefficient (Wildman–Crippen LogP) is 2.41. The third-order valence-corrected chi connectivity index (χ3v) is 3.79. The summed E-state index contributed by atoms with van der Waals surface area (Å²) in [5.41, 5.74) is -0.374. The van der Waals surface area contributed by atoms with Gasteiger partial charge < -0.3 is 10.2 Å². The van der Waals surface area contributed by atoms with Crippen LogP contribution in [0.15, 0.2) is 0 Å². The maximum absolute atomic E-state index is 12.2. The third kappa shape index (κ3) is 3.98. The standard InChI is InChI=1S/C14H28N2O/c1-5-7-8-12(6-2)11-16-10-9-15-14(3,4)13(16)17/h12,15H,5-11H2,1-4H3. The highest BCUT2D eigenvalue weighted by Crippen LogP contribution is 2.18. The largest absolute Gasteiger partial charge is 0.340 e. The van der Waals surface area contributed by atoms with E-state index in [1.54, 1.807) is 0 Å². The summed E-state index contributed by atoms with van der Waals surface area (Å²) in [5.74, 6) is 0.937. The van der Waals surface area contributed by atoms with E-state index in [0.717, 1.165) is 19.6 Å². The van der Waals surface area contributed by atoms with Gasteiger partial charge in [0.25, 0.3) is 0 Å². The summed E-state index contributed by atoms with van der Waals surface area (Å²) >= 11 is 0. The molecule has 1 aliphatic rings. The van der Waals surface area contributed by atoms with Crippen molar-refractivity contribution in [2.24, 2.45) is 5.92 Å². The van der Waals surface area contributed by atoms with Crippen molar-refractivity contribution in [1.29, 1.82) is 0 Å². The molecule has 17 heavy (non-hydrogen) atoms. The third-order valence-electron chi connectivity index (χ3n) is 3.79. The molecule has 3 heteroatoms. The first-order chi connectivity index (χ1) is 8.01. The molecule has 1 aliphatic heterocycles. The van der Waals surface area contributed by atoms with Crippen LogP contribution in [-0.4, -0.2) is 36.0 Å². The SMILES string of the molecule is CCCCC(CC)CN1CCNC(C)(C)C1=O. The highest BCUT2D eigenvalue weighted by atomic mass is 16.2. The maximum Gasteiger partial charge on any atom is 0.242 e. The molecule has 1 fully saturated rings. The van der Waals surface area contributed by atoms with Gasteiger partial charge in [-0.05, 0) is 26.2 Å². The number of carbonyl (C=O) groups is 1. The van der Waals surface area contributed by atoms with Crippen LogP contribution in [-0.2, 0) is 4.79 Å². The van der Waals surface area contributed by atoms with Crippen LogP contribution in [0.3, 0.4) is 0 Å². The quantitative estimate of drug-likeness (QED) is 0.773. The van der Waals surface area contributed by atoms with Crippen molar-refractivity contribution in [1.82, 2.24) is 10.2 Å². The molecule has 0 bridgehead atoms. The average molecular weight is 240 g/mol. The molecule has 100 valence electrons. The molecular formula is C14H28N2O. The summed E-state index contributed by atoms with van der Waals surface area (Å²) in [4.78, 5) is 14.3. The summed E-state index contributed by atoms with van der Waals surface area (Å²) < 4.78 is 0. The molecule has 1 rings (SSSR count). The van der Waals surface area contributed by atoms with E-state index in [9.17, 15) is 4.79 Å². The van der Waals surface area contributed by atoms with Crippen LogP contribution in [0, 0.1) is 5.92 Å². The number of rotatable bonds is 6. The molecule has 3 nitrogen and oxygen atoms in total. The molecule has 0 aromatic rings. The van der Waals surface area contributed by atoms with E-state index in [1.165, 1.54) is 25.7 Å². The molecule has 0 saturated carbocycles. The van der Waals surface area contributed by atoms with Gasteiger partial charge in [0.05, 0.1) is 5.54 Å². The van der Waals surface area contributed by atoms with E-state index in [0.29, 0.717) is 5.92 Å². The summed E-state index contributed by atoms with van der Waals surface area (Å²) in [6.45, 7) is 11.2. The lowest BCUT2D eigenvalue weighted by molar-refractivity contribution is -0.140. The van der Waals surface area contributed by atoms with Gasteiger partial charge in [0.1, 0.15) is 0 Å². The highest BCUT2D eigenvalue weighted by molar-refractivity contribution is 5.86. The normalized spacial score (nSPS) is 21.6. The Morgan fingerprint density at radius 2 is 2.12 bits per heavy atom. The van der Waals surface area contributed by atoms with Crippen molar-refractivity contribution < 1.29 is 4.79 Å². The van der Waals surface area contributed by atoms with Gasteiger partial charge in [-0.25, -0.2) is 0 Å². The van der Waals surface area contributed by atoms with Crippen molar-refractivity contribution in [3.05, 3.63) is 0 Å². The van der Waals surface area contributed by atoms with Gasteiger partial charge >= 0.3 is 0 Å². The maximum atomic E-state index is 12.2. The molecule has 1 unspecified atom stereocenters. The Bertz CT molecular complexity index is 251. The van der Waals surface area contributed by atoms with Gasteiger partial charge in [0.15, 0.2) is 0 Å². The summed E-state index contributed by atoms with van der Waals surface area (Å²) in [7, 11) is 0. The number of hydrogen-bond acceptors (Lipinski definition) is 2. The van der Waals surface area contributed by atoms with Crippen LogP contribution < -0.4 is 5.32 Å². The van der Waals surface area contributed by atoms with Gasteiger partial charge in [-0.3, -0.25) is 4.79 Å². The number of hydrogen-bond donors (Lipinski definition) is 1. The molecule has 0 aromatic heterocycles. The number of nitrogens with zero attached hydrogens (tertiary/aromatic N) is 1. The molecule has 1 amide bonds. The lowest BCUT2D eigenvalue weighted by atomic mass is 9.95. The van der Waals surface area contributed by atoms with Crippen molar-refractivity contribution in [2.75, 3.05) is 19.6 Å². The second kappa shape index (κ2) is 6.39. The lowest BCUT2D eigenvalue weighted by Gasteiger charge is -2.39. The molecule has 0 radical (unpaired) electrons. The molecule has 1 atom stereocenters. The fourth-order valence-corrected chi connectivity index (χ4v) is 2.48. The van der Waals surface area contributed by atoms with E-state index in [4.69, 9.17) is 0 Å². The number of unbranched alkanes of at least 4 members (excludes halogenated alkanes) is 1. The van der Waals surface area contributed by atoms with Crippen LogP contribution in [0.2, 0.25) is 0 Å². The monoisotopic (exact) mass is 240 g/mol. The Labute approximate surface area is 106 Å². The molecule has 1 N–H and O–H groups in total. The average Bonchev–Trinajstić information content (AvgIpc) is 2.29. The highest BCUT2D eigenvalue weighted by Gasteiger charge is 2.35. The molecule has 0 aromatic carbocycles. The second-order valence-corrected chi connectivity index (χ2v) is 5.72. The Morgan fingerprint density at radius 1 is 1.41 bits per heavy atom. The van der Waals surface area contributed by atoms with Gasteiger partial charge in [0, 0.05) is 19.6 Å². The van der Waals surface area contributed by atoms with E-state index >= 15 is 0 Å². The Balaban J connectivity index is 2.51. The Kier molecular flexibility index (Phi) is 5.44. The first-order valence-corrected chi connectivity index (χ1v) is 7.05. The number of nitrogens with one attached hydrogen (secondary N) is 1. The molecule has 1 heterocycles. The van der Waals surface area contributed by atoms with Crippen LogP contribution in [0.4, 0.5) is 0 Å². The smallest absolute Gasteiger partial charge is 0.242 e. The number of amides is 1. The zero-order valence-corrected chi connectivity index (χ0v) is 11.9. The van der Waals surface area contributed by atoms with Crippen LogP contribution in [0.1, 0.15) is 53.4 Å². The van der Waals surface area contributed by atoms with Gasteiger partial charge in [-0.15, -0.1) is 0 Å². The first kappa shape index (κ1) is 14.5. The Hall–Kier alpha value is -0.570. The van der Waals surface area contributed by atoms with E-state index < -0.39 is 0 Å². The number of carbonyl (C=O) groups excluding carboxylic acids is 1. The fourth-order valence-electron chi connectivity index (χ4n) is 2.48. The Morgan fingerprint density at radius 3 is 2.71 bits per heavy atom. The number of piperazine rings is 1. The van der Waals surface area contributed by atoms with Crippen LogP contribution in [0.5, 0.6) is 0 Å². The van der Waals surface area contributed by atoms with Gasteiger partial charge in [0.2, 0.25) is 5.91 Å². The first-order valence-electron chi connectivity index (χ1n) is 7.05. The molecule has 1 saturated heterocycles. The van der Waals surface area contributed by atoms with Gasteiger partial charge in [-0.2, -0.15) is 0 Å². The van der Waals surface area contributed by atoms with E-state index in [2.05, 4.69) is 24.1 Å². The van der Waals surface area contributed by atoms with Crippen LogP contribution >= 0.6 is 0 Å². The molecule has 0 aliphatic carbocycles. The minimum Gasteiger partial charge on any atom is -0.340 e. The van der Waals surface area contributed by atoms with E-state index in [1.807, 2.05) is 13.8 Å². The second-order valence-electron chi connectivity index (χ2n) is 5.72. The minimum absolute atomic E-state index is 0.263. The molecule has 0 spiro atoms. The lowest BCUT2D eigenvalue weighted by Crippen LogP contribution is -2.61.